The van der Waals surface area contributed by atoms with Crippen LogP contribution in [0.4, 0.5) is 0 Å². The Balaban J connectivity index is 2.75. The van der Waals surface area contributed by atoms with E-state index in [9.17, 15) is 60.3 Å². The number of hydrogen-bond donors (Lipinski definition) is 5. The fraction of sp³-hybridized carbons (Fsp3) is 1.00. The first-order chi connectivity index (χ1) is 19.7. The first kappa shape index (κ1) is 39.4. The van der Waals surface area contributed by atoms with E-state index in [1.165, 1.54) is 0 Å². The Morgan fingerprint density at radius 3 is 1.20 bits per heavy atom. The lowest BCUT2D eigenvalue weighted by Gasteiger charge is -2.47. The molecule has 0 radical (unpaired) electrons. The first-order valence-electron chi connectivity index (χ1n) is 11.6. The predicted octanol–water partition coefficient (Wildman–Crippen LogP) is -2.77. The molecule has 0 amide bonds. The molecule has 2 heterocycles. The van der Waals surface area contributed by atoms with Crippen LogP contribution in [0, 0.1) is 0 Å². The smallest absolute Gasteiger partial charge is 0.350 e. The molecule has 262 valence electrons. The van der Waals surface area contributed by atoms with Crippen molar-refractivity contribution in [2.45, 2.75) is 88.6 Å². The van der Waals surface area contributed by atoms with Crippen LogP contribution in [0.3, 0.4) is 0 Å². The Bertz CT molecular complexity index is 1520. The van der Waals surface area contributed by atoms with Crippen LogP contribution in [0.25, 0.3) is 0 Å². The molecule has 5 N–H and O–H groups in total. The molecule has 0 aromatic heterocycles. The summed E-state index contributed by atoms with van der Waals surface area (Å²) in [4.78, 5) is 0. The zero-order valence-electron chi connectivity index (χ0n) is 22.2. The van der Waals surface area contributed by atoms with Gasteiger partial charge in [-0.3, -0.25) is 22.8 Å². The fourth-order valence-electron chi connectivity index (χ4n) is 4.02. The maximum atomic E-state index is 11.7. The number of rotatable bonds is 15. The van der Waals surface area contributed by atoms with E-state index in [2.05, 4.69) is 20.9 Å². The molecule has 0 aromatic carbocycles. The van der Waals surface area contributed by atoms with Crippen molar-refractivity contribution in [2.75, 3.05) is 6.61 Å². The molecule has 0 aliphatic carbocycles. The molecule has 0 aromatic rings. The minimum Gasteiger partial charge on any atom is -0.350 e. The topological polar surface area (TPSA) is 355 Å². The van der Waals surface area contributed by atoms with Crippen molar-refractivity contribution in [1.82, 2.24) is 0 Å². The summed E-state index contributed by atoms with van der Waals surface area (Å²) in [6.07, 6.45) is -22.5. The number of ether oxygens (including phenoxy) is 4. The third-order valence-corrected chi connectivity index (χ3v) is 7.72. The van der Waals surface area contributed by atoms with Gasteiger partial charge in [0, 0.05) is 6.61 Å². The standard InChI is InChI=1S/C15H28O24S5/c1-4-5-31-14-12(38-43(25,26)27)10(8(6(2)32-14)35-40(16,17)18)34-15-13(39-44(28,29)30)11(37-42(22,23)24)9(7(3)33-15)36-41(19,20)21/h6-15H,4-5H2,1-3H3,(H,16,17,18)(H,19,20,21)(H,22,23,24)(H,25,26,27)(H,28,29,30)/t6-,7-,8+,9+,10+,11+,12-,13-,14+,15-/m0/s1. The van der Waals surface area contributed by atoms with Crippen molar-refractivity contribution in [3.63, 3.8) is 0 Å². The highest BCUT2D eigenvalue weighted by molar-refractivity contribution is 7.81. The van der Waals surface area contributed by atoms with Gasteiger partial charge in [-0.05, 0) is 20.3 Å². The maximum absolute atomic E-state index is 11.7. The van der Waals surface area contributed by atoms with Crippen molar-refractivity contribution in [3.05, 3.63) is 0 Å². The highest BCUT2D eigenvalue weighted by Crippen LogP contribution is 2.36. The monoisotopic (exact) mass is 752 g/mol. The highest BCUT2D eigenvalue weighted by atomic mass is 32.3. The summed E-state index contributed by atoms with van der Waals surface area (Å²) in [6, 6.07) is 0. The fourth-order valence-corrected chi connectivity index (χ4v) is 6.57. The van der Waals surface area contributed by atoms with E-state index in [1.54, 1.807) is 6.92 Å². The zero-order chi connectivity index (χ0) is 34.1. The van der Waals surface area contributed by atoms with Gasteiger partial charge in [0.1, 0.15) is 24.4 Å². The minimum atomic E-state index is -5.76. The Morgan fingerprint density at radius 2 is 0.818 bits per heavy atom. The van der Waals surface area contributed by atoms with Gasteiger partial charge in [0.15, 0.2) is 24.8 Å². The Kier molecular flexibility index (Phi) is 13.0. The molecule has 2 aliphatic heterocycles. The maximum Gasteiger partial charge on any atom is 0.397 e. The van der Waals surface area contributed by atoms with E-state index in [-0.39, 0.29) is 13.0 Å². The van der Waals surface area contributed by atoms with Crippen LogP contribution >= 0.6 is 0 Å². The normalized spacial score (nSPS) is 34.5. The van der Waals surface area contributed by atoms with E-state index in [0.29, 0.717) is 0 Å². The van der Waals surface area contributed by atoms with Crippen LogP contribution in [-0.4, -0.2) is 133 Å². The lowest BCUT2D eigenvalue weighted by atomic mass is 9.97. The third-order valence-electron chi connectivity index (χ3n) is 5.40. The molecule has 44 heavy (non-hydrogen) atoms. The first-order valence-corrected chi connectivity index (χ1v) is 18.4. The quantitative estimate of drug-likeness (QED) is 0.106. The van der Waals surface area contributed by atoms with E-state index in [1.807, 2.05) is 0 Å². The van der Waals surface area contributed by atoms with Crippen LogP contribution in [0.2, 0.25) is 0 Å². The van der Waals surface area contributed by atoms with Crippen LogP contribution in [-0.2, 0) is 91.9 Å². The van der Waals surface area contributed by atoms with Gasteiger partial charge in [-0.2, -0.15) is 42.1 Å². The molecule has 29 heteroatoms. The molecule has 2 fully saturated rings. The second kappa shape index (κ2) is 14.5. The summed E-state index contributed by atoms with van der Waals surface area (Å²) in [7, 11) is -28.0. The summed E-state index contributed by atoms with van der Waals surface area (Å²) < 4.78 is 206. The summed E-state index contributed by atoms with van der Waals surface area (Å²) in [5.41, 5.74) is 0. The minimum absolute atomic E-state index is 0.205. The second-order valence-electron chi connectivity index (χ2n) is 8.83. The van der Waals surface area contributed by atoms with Gasteiger partial charge >= 0.3 is 52.0 Å². The molecule has 10 atom stereocenters. The zero-order valence-corrected chi connectivity index (χ0v) is 26.3. The molecule has 0 saturated carbocycles. The molecule has 2 rings (SSSR count). The molecule has 2 aliphatic rings. The van der Waals surface area contributed by atoms with Gasteiger partial charge in [-0.25, -0.2) is 20.9 Å². The third kappa shape index (κ3) is 12.8. The van der Waals surface area contributed by atoms with Crippen LogP contribution in [0.1, 0.15) is 27.2 Å². The van der Waals surface area contributed by atoms with Gasteiger partial charge in [0.05, 0.1) is 12.2 Å². The molecule has 0 spiro atoms. The average Bonchev–Trinajstić information content (AvgIpc) is 2.77. The van der Waals surface area contributed by atoms with Gasteiger partial charge in [0.2, 0.25) is 0 Å². The van der Waals surface area contributed by atoms with Crippen LogP contribution < -0.4 is 0 Å². The molecule has 2 saturated heterocycles. The average molecular weight is 753 g/mol. The van der Waals surface area contributed by atoms with E-state index >= 15 is 0 Å². The van der Waals surface area contributed by atoms with Crippen molar-refractivity contribution in [1.29, 1.82) is 0 Å². The Hall–Kier alpha value is -0.810. The van der Waals surface area contributed by atoms with E-state index < -0.39 is 113 Å². The Morgan fingerprint density at radius 1 is 0.500 bits per heavy atom. The van der Waals surface area contributed by atoms with Crippen molar-refractivity contribution in [2.24, 2.45) is 0 Å². The molecule has 0 bridgehead atoms. The van der Waals surface area contributed by atoms with E-state index in [4.69, 9.17) is 23.5 Å². The second-order valence-corrected chi connectivity index (χ2v) is 14.1. The van der Waals surface area contributed by atoms with Crippen molar-refractivity contribution in [3.8, 4) is 0 Å². The lowest BCUT2D eigenvalue weighted by molar-refractivity contribution is -0.343. The van der Waals surface area contributed by atoms with E-state index in [0.717, 1.165) is 13.8 Å². The van der Waals surface area contributed by atoms with Gasteiger partial charge in [-0.1, -0.05) is 6.92 Å². The molecular weight excluding hydrogens is 724 g/mol. The summed E-state index contributed by atoms with van der Waals surface area (Å²) in [6.45, 7) is 3.31. The van der Waals surface area contributed by atoms with Gasteiger partial charge in [-0.15, -0.1) is 0 Å². The van der Waals surface area contributed by atoms with Gasteiger partial charge in [0.25, 0.3) is 0 Å². The Labute approximate surface area is 251 Å². The number of hydrogen-bond acceptors (Lipinski definition) is 19. The largest absolute Gasteiger partial charge is 0.397 e. The lowest BCUT2D eigenvalue weighted by Crippen LogP contribution is -2.66. The summed E-state index contributed by atoms with van der Waals surface area (Å²) >= 11 is 0. The predicted molar refractivity (Wildman–Crippen MR) is 132 cm³/mol. The summed E-state index contributed by atoms with van der Waals surface area (Å²) in [5.74, 6) is 0. The summed E-state index contributed by atoms with van der Waals surface area (Å²) in [5, 5.41) is 0. The van der Waals surface area contributed by atoms with Crippen LogP contribution in [0.15, 0.2) is 0 Å². The van der Waals surface area contributed by atoms with Crippen molar-refractivity contribution < 1.29 is 105 Å². The van der Waals surface area contributed by atoms with Gasteiger partial charge < -0.3 is 18.9 Å². The van der Waals surface area contributed by atoms with Crippen molar-refractivity contribution >= 4 is 52.0 Å². The SMILES string of the molecule is CCCO[C@@H]1O[C@@H](C)[C@@H](OS(=O)(=O)O)[C@@H](O[C@@H]2O[C@@H](C)[C@@H](OS(=O)(=O)O)[C@@H](OS(=O)(=O)O)[C@@H]2OS(=O)(=O)O)[C@@H]1OS(=O)(=O)O. The molecule has 24 nitrogen and oxygen atoms in total. The molecule has 0 unspecified atom stereocenters. The highest BCUT2D eigenvalue weighted by Gasteiger charge is 2.57. The molecular formula is C15H28O24S5. The van der Waals surface area contributed by atoms with Crippen LogP contribution in [0.5, 0.6) is 0 Å².